The molecular weight excluding hydrogens is 532 g/mol. The predicted octanol–water partition coefficient (Wildman–Crippen LogP) is 6.34. The summed E-state index contributed by atoms with van der Waals surface area (Å²) in [5.41, 5.74) is 4.65. The van der Waals surface area contributed by atoms with Crippen LogP contribution < -0.4 is 10.1 Å². The lowest BCUT2D eigenvalue weighted by Gasteiger charge is -2.46. The summed E-state index contributed by atoms with van der Waals surface area (Å²) in [5.74, 6) is 1.40. The van der Waals surface area contributed by atoms with Crippen molar-refractivity contribution in [3.8, 4) is 17.0 Å². The number of ether oxygens (including phenoxy) is 2. The molecule has 2 bridgehead atoms. The molecule has 4 aliphatic rings. The highest BCUT2D eigenvalue weighted by molar-refractivity contribution is 7.08. The number of aromatic nitrogens is 2. The number of aromatic amines is 1. The lowest BCUT2D eigenvalue weighted by Crippen LogP contribution is -2.57. The molecule has 8 rings (SSSR count). The van der Waals surface area contributed by atoms with Crippen molar-refractivity contribution in [3.63, 3.8) is 0 Å². The number of thiophene rings is 1. The Morgan fingerprint density at radius 2 is 1.83 bits per heavy atom. The van der Waals surface area contributed by atoms with Gasteiger partial charge in [-0.25, -0.2) is 0 Å². The fraction of sp³-hybridized carbons (Fsp3) is 0.455. The second-order valence-corrected chi connectivity index (χ2v) is 13.1. The molecule has 2 aromatic carbocycles. The number of H-pyrrole nitrogens is 1. The summed E-state index contributed by atoms with van der Waals surface area (Å²) in [5, 5.41) is 16.3. The highest BCUT2D eigenvalue weighted by atomic mass is 32.1. The molecule has 3 aliphatic heterocycles. The number of nitrogens with zero attached hydrogens (tertiary/aromatic N) is 2. The number of hydrogen-bond acceptors (Lipinski definition) is 6. The highest BCUT2D eigenvalue weighted by Gasteiger charge is 2.46. The smallest absolute Gasteiger partial charge is 0.251 e. The van der Waals surface area contributed by atoms with Gasteiger partial charge in [0.2, 0.25) is 0 Å². The van der Waals surface area contributed by atoms with E-state index in [4.69, 9.17) is 9.47 Å². The number of amides is 1. The highest BCUT2D eigenvalue weighted by Crippen LogP contribution is 2.41. The maximum atomic E-state index is 13.4. The van der Waals surface area contributed by atoms with E-state index < -0.39 is 0 Å². The average Bonchev–Trinajstić information content (AvgIpc) is 3.66. The Hall–Kier alpha value is -3.20. The van der Waals surface area contributed by atoms with Crippen LogP contribution in [0, 0.1) is 5.92 Å². The van der Waals surface area contributed by atoms with Crippen molar-refractivity contribution >= 4 is 28.1 Å². The quantitative estimate of drug-likeness (QED) is 0.260. The molecular formula is C33H36N4O3S. The summed E-state index contributed by atoms with van der Waals surface area (Å²) in [6.07, 6.45) is 8.59. The van der Waals surface area contributed by atoms with Gasteiger partial charge in [-0.3, -0.25) is 14.8 Å². The number of carbonyl (C=O) groups is 1. The number of hydrogen-bond donors (Lipinski definition) is 2. The Kier molecular flexibility index (Phi) is 6.58. The van der Waals surface area contributed by atoms with E-state index in [2.05, 4.69) is 61.5 Å². The van der Waals surface area contributed by atoms with Crippen LogP contribution in [0.15, 0.2) is 59.3 Å². The van der Waals surface area contributed by atoms with Crippen molar-refractivity contribution in [3.05, 3.63) is 70.4 Å². The van der Waals surface area contributed by atoms with Crippen molar-refractivity contribution in [1.29, 1.82) is 0 Å². The third kappa shape index (κ3) is 4.76. The van der Waals surface area contributed by atoms with Gasteiger partial charge in [-0.1, -0.05) is 6.42 Å². The minimum Gasteiger partial charge on any atom is -0.490 e. The average molecular weight is 569 g/mol. The number of rotatable bonds is 8. The Morgan fingerprint density at radius 3 is 2.49 bits per heavy atom. The standard InChI is InChI=1S/C33H36N4O3S/c38-33(34-31(20-2-1-3-20)23-12-13-41-19-23)22-6-11-30-29(14-22)32(36-35-30)21-4-9-27(10-5-21)40-28-15-24-7-8-25(16-28)37(24)26-17-39-18-26/h4-6,9-14,19-20,24-26,28,31H,1-3,7-8,15-18H2,(H,34,38)(H,35,36)/t24-,25+,28+,31?. The maximum Gasteiger partial charge on any atom is 0.251 e. The summed E-state index contributed by atoms with van der Waals surface area (Å²) in [7, 11) is 0. The van der Waals surface area contributed by atoms with E-state index in [1.807, 2.05) is 18.2 Å². The number of piperidine rings is 1. The minimum absolute atomic E-state index is 0.0317. The van der Waals surface area contributed by atoms with Crippen LogP contribution in [0.3, 0.4) is 0 Å². The van der Waals surface area contributed by atoms with E-state index in [0.717, 1.165) is 54.0 Å². The molecule has 4 atom stereocenters. The molecule has 5 heterocycles. The molecule has 4 fully saturated rings. The first-order valence-corrected chi connectivity index (χ1v) is 16.1. The molecule has 8 heteroatoms. The van der Waals surface area contributed by atoms with Gasteiger partial charge < -0.3 is 14.8 Å². The maximum absolute atomic E-state index is 13.4. The topological polar surface area (TPSA) is 79.5 Å². The first-order chi connectivity index (χ1) is 20.2. The molecule has 1 amide bonds. The zero-order valence-corrected chi connectivity index (χ0v) is 23.9. The molecule has 7 nitrogen and oxygen atoms in total. The van der Waals surface area contributed by atoms with Gasteiger partial charge in [-0.15, -0.1) is 0 Å². The number of benzene rings is 2. The second kappa shape index (κ2) is 10.6. The van der Waals surface area contributed by atoms with E-state index in [-0.39, 0.29) is 18.1 Å². The fourth-order valence-electron chi connectivity index (χ4n) is 7.43. The van der Waals surface area contributed by atoms with Crippen LogP contribution in [0.25, 0.3) is 22.2 Å². The summed E-state index contributed by atoms with van der Waals surface area (Å²) in [4.78, 5) is 16.1. The van der Waals surface area contributed by atoms with Crippen molar-refractivity contribution in [2.45, 2.75) is 75.2 Å². The van der Waals surface area contributed by atoms with Gasteiger partial charge in [0.1, 0.15) is 11.9 Å². The minimum atomic E-state index is -0.0317. The third-order valence-corrected chi connectivity index (χ3v) is 10.6. The first kappa shape index (κ1) is 25.5. The Labute approximate surface area is 244 Å². The number of carbonyl (C=O) groups excluding carboxylic acids is 1. The Morgan fingerprint density at radius 1 is 1.02 bits per heavy atom. The van der Waals surface area contributed by atoms with Crippen LogP contribution in [-0.4, -0.2) is 58.4 Å². The van der Waals surface area contributed by atoms with Crippen LogP contribution in [0.5, 0.6) is 5.75 Å². The molecule has 41 heavy (non-hydrogen) atoms. The summed E-state index contributed by atoms with van der Waals surface area (Å²) < 4.78 is 12.0. The molecule has 0 radical (unpaired) electrons. The number of fused-ring (bicyclic) bond motifs is 3. The molecule has 2 aromatic heterocycles. The third-order valence-electron chi connectivity index (χ3n) is 9.85. The van der Waals surface area contributed by atoms with E-state index in [1.165, 1.54) is 37.7 Å². The van der Waals surface area contributed by atoms with Crippen LogP contribution in [0.2, 0.25) is 0 Å². The fourth-order valence-corrected chi connectivity index (χ4v) is 8.13. The van der Waals surface area contributed by atoms with Crippen molar-refractivity contribution in [1.82, 2.24) is 20.4 Å². The number of nitrogens with one attached hydrogen (secondary N) is 2. The molecule has 2 N–H and O–H groups in total. The van der Waals surface area contributed by atoms with E-state index in [9.17, 15) is 4.79 Å². The van der Waals surface area contributed by atoms with Gasteiger partial charge in [0.05, 0.1) is 36.5 Å². The van der Waals surface area contributed by atoms with E-state index in [0.29, 0.717) is 29.6 Å². The Balaban J connectivity index is 0.969. The predicted molar refractivity (Wildman–Crippen MR) is 160 cm³/mol. The second-order valence-electron chi connectivity index (χ2n) is 12.3. The van der Waals surface area contributed by atoms with Crippen molar-refractivity contribution in [2.24, 2.45) is 5.92 Å². The van der Waals surface area contributed by atoms with E-state index in [1.54, 1.807) is 11.3 Å². The van der Waals surface area contributed by atoms with Crippen LogP contribution in [0.4, 0.5) is 0 Å². The summed E-state index contributed by atoms with van der Waals surface area (Å²) >= 11 is 1.68. The first-order valence-electron chi connectivity index (χ1n) is 15.1. The molecule has 212 valence electrons. The van der Waals surface area contributed by atoms with Crippen molar-refractivity contribution in [2.75, 3.05) is 13.2 Å². The van der Waals surface area contributed by atoms with Crippen LogP contribution in [-0.2, 0) is 4.74 Å². The lowest BCUT2D eigenvalue weighted by atomic mass is 9.77. The largest absolute Gasteiger partial charge is 0.490 e. The van der Waals surface area contributed by atoms with Gasteiger partial charge in [-0.2, -0.15) is 16.4 Å². The molecule has 1 unspecified atom stereocenters. The molecule has 3 saturated heterocycles. The Bertz CT molecular complexity index is 1510. The lowest BCUT2D eigenvalue weighted by molar-refractivity contribution is -0.102. The molecule has 4 aromatic rings. The zero-order chi connectivity index (χ0) is 27.3. The summed E-state index contributed by atoms with van der Waals surface area (Å²) in [6, 6.07) is 18.2. The SMILES string of the molecule is O=C(NC(c1ccsc1)C1CCC1)c1ccc2[nH]nc(-c3ccc(O[C@H]4C[C@H]5CC[C@@H](C4)N5C4COC4)cc3)c2c1. The van der Waals surface area contributed by atoms with Gasteiger partial charge in [0.25, 0.3) is 5.91 Å². The summed E-state index contributed by atoms with van der Waals surface area (Å²) in [6.45, 7) is 1.79. The van der Waals surface area contributed by atoms with Gasteiger partial charge in [-0.05, 0) is 109 Å². The van der Waals surface area contributed by atoms with Crippen LogP contribution in [0.1, 0.15) is 66.9 Å². The van der Waals surface area contributed by atoms with Gasteiger partial charge >= 0.3 is 0 Å². The molecule has 1 aliphatic carbocycles. The van der Waals surface area contributed by atoms with Crippen LogP contribution >= 0.6 is 11.3 Å². The molecule has 0 spiro atoms. The van der Waals surface area contributed by atoms with Gasteiger partial charge in [0, 0.05) is 28.6 Å². The van der Waals surface area contributed by atoms with E-state index >= 15 is 0 Å². The molecule has 1 saturated carbocycles. The normalized spacial score (nSPS) is 25.5. The monoisotopic (exact) mass is 568 g/mol. The zero-order valence-electron chi connectivity index (χ0n) is 23.1. The van der Waals surface area contributed by atoms with Gasteiger partial charge in [0.15, 0.2) is 0 Å². The van der Waals surface area contributed by atoms with Crippen molar-refractivity contribution < 1.29 is 14.3 Å².